The first-order valence-electron chi connectivity index (χ1n) is 11.6. The average Bonchev–Trinajstić information content (AvgIpc) is 3.22. The van der Waals surface area contributed by atoms with Crippen molar-refractivity contribution >= 4 is 39.8 Å². The van der Waals surface area contributed by atoms with E-state index in [4.69, 9.17) is 4.74 Å². The minimum atomic E-state index is -4.63. The highest BCUT2D eigenvalue weighted by molar-refractivity contribution is 7.86. The third kappa shape index (κ3) is 6.00. The minimum Gasteiger partial charge on any atom is -0.466 e. The number of carbonyl (C=O) groups excluding carboxylic acids is 2. The fourth-order valence-electron chi connectivity index (χ4n) is 4.07. The van der Waals surface area contributed by atoms with Crippen LogP contribution in [0.1, 0.15) is 11.1 Å². The van der Waals surface area contributed by atoms with Crippen LogP contribution in [0.2, 0.25) is 0 Å². The second-order valence-electron chi connectivity index (χ2n) is 8.47. The van der Waals surface area contributed by atoms with Gasteiger partial charge in [0.15, 0.2) is 0 Å². The van der Waals surface area contributed by atoms with Crippen molar-refractivity contribution in [1.82, 2.24) is 4.90 Å². The summed E-state index contributed by atoms with van der Waals surface area (Å²) < 4.78 is 39.0. The third-order valence-electron chi connectivity index (χ3n) is 5.99. The molecule has 3 aromatic rings. The SMILES string of the molecule is COC(=O)C1=C(Nc2ccc(C=Cc3ccc(-c4ccccc4)cc3)c(S(=O)(=O)O)c2)C(=O)N(CCO)C1. The van der Waals surface area contributed by atoms with Gasteiger partial charge in [0.2, 0.25) is 0 Å². The molecule has 0 spiro atoms. The number of rotatable bonds is 9. The Kier molecular flexibility index (Phi) is 8.06. The van der Waals surface area contributed by atoms with Crippen LogP contribution in [0.15, 0.2) is 89.0 Å². The van der Waals surface area contributed by atoms with Gasteiger partial charge in [-0.1, -0.05) is 72.8 Å². The summed E-state index contributed by atoms with van der Waals surface area (Å²) in [6.07, 6.45) is 3.28. The van der Waals surface area contributed by atoms with Crippen molar-refractivity contribution in [2.45, 2.75) is 4.90 Å². The molecule has 4 rings (SSSR count). The van der Waals surface area contributed by atoms with Crippen molar-refractivity contribution < 1.29 is 32.4 Å². The van der Waals surface area contributed by atoms with Gasteiger partial charge >= 0.3 is 5.97 Å². The highest BCUT2D eigenvalue weighted by atomic mass is 32.2. The molecule has 0 bridgehead atoms. The summed E-state index contributed by atoms with van der Waals surface area (Å²) in [5.41, 5.74) is 3.28. The second kappa shape index (κ2) is 11.4. The van der Waals surface area contributed by atoms with Crippen molar-refractivity contribution in [3.63, 3.8) is 0 Å². The molecule has 0 saturated carbocycles. The van der Waals surface area contributed by atoms with Gasteiger partial charge in [0.05, 0.1) is 25.8 Å². The molecular weight excluding hydrogens is 508 g/mol. The molecule has 0 fully saturated rings. The van der Waals surface area contributed by atoms with Gasteiger partial charge in [0.25, 0.3) is 16.0 Å². The Balaban J connectivity index is 1.61. The molecule has 196 valence electrons. The van der Waals surface area contributed by atoms with E-state index in [2.05, 4.69) is 5.32 Å². The van der Waals surface area contributed by atoms with Crippen LogP contribution < -0.4 is 5.32 Å². The molecule has 0 unspecified atom stereocenters. The Morgan fingerprint density at radius 3 is 2.34 bits per heavy atom. The summed E-state index contributed by atoms with van der Waals surface area (Å²) in [7, 11) is -3.45. The van der Waals surface area contributed by atoms with Gasteiger partial charge in [0, 0.05) is 12.2 Å². The predicted octanol–water partition coefficient (Wildman–Crippen LogP) is 3.44. The number of carbonyl (C=O) groups is 2. The van der Waals surface area contributed by atoms with Crippen LogP contribution in [0, 0.1) is 0 Å². The summed E-state index contributed by atoms with van der Waals surface area (Å²) in [6, 6.07) is 21.8. The molecule has 1 aliphatic rings. The Bertz CT molecular complexity index is 1510. The fraction of sp³-hybridized carbons (Fsp3) is 0.143. The van der Waals surface area contributed by atoms with Crippen LogP contribution in [-0.4, -0.2) is 61.7 Å². The van der Waals surface area contributed by atoms with Crippen LogP contribution in [-0.2, 0) is 24.4 Å². The largest absolute Gasteiger partial charge is 0.466 e. The highest BCUT2D eigenvalue weighted by Crippen LogP contribution is 2.27. The number of nitrogens with one attached hydrogen (secondary N) is 1. The molecule has 1 aliphatic heterocycles. The molecular formula is C28H26N2O7S. The minimum absolute atomic E-state index is 0.0108. The van der Waals surface area contributed by atoms with Crippen LogP contribution in [0.4, 0.5) is 5.69 Å². The zero-order valence-electron chi connectivity index (χ0n) is 20.5. The van der Waals surface area contributed by atoms with E-state index in [0.29, 0.717) is 0 Å². The van der Waals surface area contributed by atoms with Gasteiger partial charge < -0.3 is 20.1 Å². The van der Waals surface area contributed by atoms with Gasteiger partial charge in [-0.2, -0.15) is 8.42 Å². The summed E-state index contributed by atoms with van der Waals surface area (Å²) in [4.78, 5) is 25.9. The van der Waals surface area contributed by atoms with Gasteiger partial charge in [-0.05, 0) is 34.4 Å². The van der Waals surface area contributed by atoms with E-state index in [0.717, 1.165) is 16.7 Å². The van der Waals surface area contributed by atoms with Crippen molar-refractivity contribution in [3.05, 3.63) is 95.2 Å². The zero-order valence-corrected chi connectivity index (χ0v) is 21.3. The monoisotopic (exact) mass is 534 g/mol. The van der Waals surface area contributed by atoms with Gasteiger partial charge in [0.1, 0.15) is 10.6 Å². The van der Waals surface area contributed by atoms with Crippen molar-refractivity contribution in [1.29, 1.82) is 0 Å². The van der Waals surface area contributed by atoms with Crippen molar-refractivity contribution in [2.24, 2.45) is 0 Å². The smallest absolute Gasteiger partial charge is 0.337 e. The van der Waals surface area contributed by atoms with Crippen LogP contribution >= 0.6 is 0 Å². The average molecular weight is 535 g/mol. The quantitative estimate of drug-likeness (QED) is 0.216. The number of amides is 1. The Labute approximate surface area is 220 Å². The molecule has 0 aromatic heterocycles. The first-order valence-corrected chi connectivity index (χ1v) is 13.1. The number of esters is 1. The molecule has 38 heavy (non-hydrogen) atoms. The molecule has 0 atom stereocenters. The van der Waals surface area contributed by atoms with Gasteiger partial charge in [-0.25, -0.2) is 4.79 Å². The van der Waals surface area contributed by atoms with E-state index in [1.807, 2.05) is 54.6 Å². The maximum absolute atomic E-state index is 12.8. The normalized spacial score (nSPS) is 13.9. The van der Waals surface area contributed by atoms with E-state index >= 15 is 0 Å². The fourth-order valence-corrected chi connectivity index (χ4v) is 4.78. The standard InChI is InChI=1S/C28H26N2O7S/c1-37-28(33)24-18-30(15-16-31)27(32)26(24)29-23-14-13-22(25(17-23)38(34,35)36)12-9-19-7-10-21(11-8-19)20-5-3-2-4-6-20/h2-14,17,29,31H,15-16,18H2,1H3,(H,34,35,36). The lowest BCUT2D eigenvalue weighted by molar-refractivity contribution is -0.136. The number of aliphatic hydroxyl groups is 1. The Morgan fingerprint density at radius 1 is 1.03 bits per heavy atom. The number of aliphatic hydroxyl groups excluding tert-OH is 1. The maximum Gasteiger partial charge on any atom is 0.337 e. The molecule has 0 radical (unpaired) electrons. The first-order chi connectivity index (χ1) is 18.2. The predicted molar refractivity (Wildman–Crippen MR) is 143 cm³/mol. The number of anilines is 1. The number of β-amino-alcohol motifs (C(OH)–C–C–N with tert-alkyl or cyclic N) is 1. The molecule has 9 nitrogen and oxygen atoms in total. The first kappa shape index (κ1) is 26.8. The molecule has 1 heterocycles. The van der Waals surface area contributed by atoms with Crippen LogP contribution in [0.5, 0.6) is 0 Å². The van der Waals surface area contributed by atoms with E-state index in [1.54, 1.807) is 12.2 Å². The summed E-state index contributed by atoms with van der Waals surface area (Å²) in [5.74, 6) is -1.27. The van der Waals surface area contributed by atoms with E-state index in [-0.39, 0.29) is 47.1 Å². The van der Waals surface area contributed by atoms with E-state index < -0.39 is 22.0 Å². The summed E-state index contributed by atoms with van der Waals surface area (Å²) in [5, 5.41) is 12.0. The van der Waals surface area contributed by atoms with Crippen LogP contribution in [0.25, 0.3) is 23.3 Å². The Morgan fingerprint density at radius 2 is 1.71 bits per heavy atom. The molecule has 1 amide bonds. The van der Waals surface area contributed by atoms with Gasteiger partial charge in [-0.15, -0.1) is 0 Å². The number of hydrogen-bond donors (Lipinski definition) is 3. The second-order valence-corrected chi connectivity index (χ2v) is 9.86. The zero-order chi connectivity index (χ0) is 27.3. The summed E-state index contributed by atoms with van der Waals surface area (Å²) in [6.45, 7) is -0.351. The van der Waals surface area contributed by atoms with Gasteiger partial charge in [-0.3, -0.25) is 9.35 Å². The molecule has 10 heteroatoms. The number of methoxy groups -OCH3 is 1. The topological polar surface area (TPSA) is 133 Å². The van der Waals surface area contributed by atoms with Crippen molar-refractivity contribution in [2.75, 3.05) is 32.1 Å². The lowest BCUT2D eigenvalue weighted by Gasteiger charge is -2.15. The van der Waals surface area contributed by atoms with E-state index in [1.165, 1.54) is 30.2 Å². The number of hydrogen-bond acceptors (Lipinski definition) is 7. The van der Waals surface area contributed by atoms with Crippen molar-refractivity contribution in [3.8, 4) is 11.1 Å². The number of benzene rings is 3. The molecule has 0 aliphatic carbocycles. The molecule has 3 N–H and O–H groups in total. The number of nitrogens with zero attached hydrogens (tertiary/aromatic N) is 1. The van der Waals surface area contributed by atoms with E-state index in [9.17, 15) is 27.7 Å². The third-order valence-corrected chi connectivity index (χ3v) is 6.90. The van der Waals surface area contributed by atoms with Crippen LogP contribution in [0.3, 0.4) is 0 Å². The molecule has 0 saturated heterocycles. The number of ether oxygens (including phenoxy) is 1. The maximum atomic E-state index is 12.8. The molecule has 3 aromatic carbocycles. The summed E-state index contributed by atoms with van der Waals surface area (Å²) >= 11 is 0. The Hall–Kier alpha value is -4.25. The lowest BCUT2D eigenvalue weighted by Crippen LogP contribution is -2.31. The highest BCUT2D eigenvalue weighted by Gasteiger charge is 2.34. The lowest BCUT2D eigenvalue weighted by atomic mass is 10.0.